The van der Waals surface area contributed by atoms with Crippen LogP contribution in [0.15, 0.2) is 44.3 Å². The summed E-state index contributed by atoms with van der Waals surface area (Å²) < 4.78 is 32.0. The predicted octanol–water partition coefficient (Wildman–Crippen LogP) is 5.35. The molecular weight excluding hydrogens is 438 g/mol. The number of furan rings is 1. The number of amides is 1. The molecule has 9 heteroatoms. The Morgan fingerprint density at radius 1 is 1.13 bits per heavy atom. The molecule has 2 fully saturated rings. The number of aromatic nitrogens is 1. The summed E-state index contributed by atoms with van der Waals surface area (Å²) >= 11 is 6.03. The van der Waals surface area contributed by atoms with Crippen molar-refractivity contribution in [2.24, 2.45) is 5.92 Å². The van der Waals surface area contributed by atoms with Crippen LogP contribution in [0, 0.1) is 10.7 Å². The monoisotopic (exact) mass is 461 g/mol. The lowest BCUT2D eigenvalue weighted by Crippen LogP contribution is -2.37. The van der Waals surface area contributed by atoms with Crippen LogP contribution in [0.1, 0.15) is 60.9 Å². The number of benzene rings is 1. The lowest BCUT2D eigenvalue weighted by atomic mass is 9.86. The summed E-state index contributed by atoms with van der Waals surface area (Å²) in [4.78, 5) is 17.2. The molecule has 2 heterocycles. The number of carbonyl (C=O) groups is 1. The highest BCUT2D eigenvalue weighted by molar-refractivity contribution is 7.92. The van der Waals surface area contributed by atoms with E-state index in [0.717, 1.165) is 55.5 Å². The summed E-state index contributed by atoms with van der Waals surface area (Å²) in [6.45, 7) is 0. The Hall–Kier alpha value is -2.32. The molecule has 7 nitrogen and oxygen atoms in total. The zero-order valence-corrected chi connectivity index (χ0v) is 18.5. The topological polar surface area (TPSA) is 109 Å². The van der Waals surface area contributed by atoms with Gasteiger partial charge in [-0.25, -0.2) is 14.0 Å². The first-order valence-electron chi connectivity index (χ1n) is 10.6. The molecule has 0 spiro atoms. The van der Waals surface area contributed by atoms with E-state index in [9.17, 15) is 9.00 Å². The molecule has 31 heavy (non-hydrogen) atoms. The Bertz CT molecular complexity index is 1220. The summed E-state index contributed by atoms with van der Waals surface area (Å²) in [5.41, 5.74) is 1.50. The molecule has 164 valence electrons. The smallest absolute Gasteiger partial charge is 0.287 e. The SMILES string of the molecule is N=[S@@](=O)(CC1CC1)c1ccc(C(=O)N[C@H]2CC[C@H](c3nc4cc(Cl)ccc4o3)CC2)o1. The Labute approximate surface area is 185 Å². The summed E-state index contributed by atoms with van der Waals surface area (Å²) in [5.74, 6) is 1.38. The van der Waals surface area contributed by atoms with Gasteiger partial charge < -0.3 is 14.2 Å². The van der Waals surface area contributed by atoms with Gasteiger partial charge in [0.15, 0.2) is 22.3 Å². The minimum Gasteiger partial charge on any atom is -0.441 e. The second-order valence-corrected chi connectivity index (χ2v) is 11.1. The van der Waals surface area contributed by atoms with Crippen LogP contribution < -0.4 is 5.32 Å². The van der Waals surface area contributed by atoms with Gasteiger partial charge in [0, 0.05) is 22.7 Å². The van der Waals surface area contributed by atoms with Gasteiger partial charge in [-0.05, 0) is 74.8 Å². The molecule has 0 bridgehead atoms. The van der Waals surface area contributed by atoms with Crippen molar-refractivity contribution >= 4 is 38.3 Å². The normalized spacial score (nSPS) is 23.5. The maximum atomic E-state index is 12.6. The zero-order chi connectivity index (χ0) is 21.6. The number of nitrogens with zero attached hydrogens (tertiary/aromatic N) is 1. The van der Waals surface area contributed by atoms with E-state index in [1.165, 1.54) is 12.1 Å². The summed E-state index contributed by atoms with van der Waals surface area (Å²) in [7, 11) is -2.97. The minimum absolute atomic E-state index is 0.0305. The molecule has 1 aromatic carbocycles. The molecule has 2 aliphatic carbocycles. The van der Waals surface area contributed by atoms with Crippen LogP contribution in [0.4, 0.5) is 0 Å². The highest BCUT2D eigenvalue weighted by Gasteiger charge is 2.30. The third kappa shape index (κ3) is 4.50. The first-order chi connectivity index (χ1) is 14.9. The quantitative estimate of drug-likeness (QED) is 0.514. The number of oxazole rings is 1. The van der Waals surface area contributed by atoms with Gasteiger partial charge in [-0.2, -0.15) is 0 Å². The van der Waals surface area contributed by atoms with Crippen molar-refractivity contribution in [1.82, 2.24) is 10.3 Å². The molecule has 1 atom stereocenters. The fourth-order valence-electron chi connectivity index (χ4n) is 4.15. The highest BCUT2D eigenvalue weighted by Crippen LogP contribution is 2.35. The molecule has 5 rings (SSSR count). The number of hydrogen-bond donors (Lipinski definition) is 2. The van der Waals surface area contributed by atoms with Crippen molar-refractivity contribution in [2.45, 2.75) is 55.6 Å². The van der Waals surface area contributed by atoms with Gasteiger partial charge >= 0.3 is 0 Å². The third-order valence-electron chi connectivity index (χ3n) is 6.08. The zero-order valence-electron chi connectivity index (χ0n) is 16.9. The first-order valence-corrected chi connectivity index (χ1v) is 12.7. The lowest BCUT2D eigenvalue weighted by Gasteiger charge is -2.27. The van der Waals surface area contributed by atoms with E-state index in [0.29, 0.717) is 16.7 Å². The van der Waals surface area contributed by atoms with Crippen LogP contribution in [0.25, 0.3) is 11.1 Å². The summed E-state index contributed by atoms with van der Waals surface area (Å²) in [5, 5.41) is 3.74. The van der Waals surface area contributed by atoms with Crippen molar-refractivity contribution in [3.63, 3.8) is 0 Å². The molecule has 1 amide bonds. The van der Waals surface area contributed by atoms with Crippen LogP contribution in [0.2, 0.25) is 5.02 Å². The van der Waals surface area contributed by atoms with E-state index in [4.69, 9.17) is 25.2 Å². The Morgan fingerprint density at radius 3 is 2.65 bits per heavy atom. The van der Waals surface area contributed by atoms with Crippen molar-refractivity contribution in [1.29, 1.82) is 4.78 Å². The predicted molar refractivity (Wildman–Crippen MR) is 117 cm³/mol. The lowest BCUT2D eigenvalue weighted by molar-refractivity contribution is 0.0891. The van der Waals surface area contributed by atoms with Gasteiger partial charge in [0.1, 0.15) is 15.2 Å². The average molecular weight is 462 g/mol. The van der Waals surface area contributed by atoms with Gasteiger partial charge in [-0.3, -0.25) is 4.79 Å². The fraction of sp³-hybridized carbons (Fsp3) is 0.455. The minimum atomic E-state index is -2.97. The van der Waals surface area contributed by atoms with Crippen LogP contribution in [0.5, 0.6) is 0 Å². The number of carbonyl (C=O) groups excluding carboxylic acids is 1. The largest absolute Gasteiger partial charge is 0.441 e. The van der Waals surface area contributed by atoms with E-state index in [1.54, 1.807) is 12.1 Å². The van der Waals surface area contributed by atoms with E-state index in [-0.39, 0.29) is 28.7 Å². The van der Waals surface area contributed by atoms with Gasteiger partial charge in [0.05, 0.1) is 0 Å². The van der Waals surface area contributed by atoms with Crippen molar-refractivity contribution in [3.05, 3.63) is 47.0 Å². The van der Waals surface area contributed by atoms with Crippen molar-refractivity contribution in [2.75, 3.05) is 5.75 Å². The van der Waals surface area contributed by atoms with Crippen molar-refractivity contribution < 1.29 is 17.8 Å². The molecule has 2 aromatic heterocycles. The number of rotatable bonds is 6. The molecular formula is C22H24ClN3O4S. The Balaban J connectivity index is 1.18. The van der Waals surface area contributed by atoms with Crippen LogP contribution >= 0.6 is 11.6 Å². The molecule has 0 unspecified atom stereocenters. The highest BCUT2D eigenvalue weighted by atomic mass is 35.5. The molecule has 0 aliphatic heterocycles. The maximum absolute atomic E-state index is 12.6. The number of hydrogen-bond acceptors (Lipinski definition) is 6. The Kier molecular flexibility index (Phi) is 5.30. The number of fused-ring (bicyclic) bond motifs is 1. The van der Waals surface area contributed by atoms with Crippen LogP contribution in [-0.2, 0) is 9.73 Å². The van der Waals surface area contributed by atoms with Gasteiger partial charge in [-0.15, -0.1) is 0 Å². The first kappa shape index (κ1) is 20.6. The fourth-order valence-corrected chi connectivity index (χ4v) is 5.99. The molecule has 0 radical (unpaired) electrons. The van der Waals surface area contributed by atoms with Crippen LogP contribution in [-0.4, -0.2) is 26.9 Å². The van der Waals surface area contributed by atoms with E-state index in [1.807, 2.05) is 6.07 Å². The number of nitrogens with one attached hydrogen (secondary N) is 2. The molecule has 2 N–H and O–H groups in total. The molecule has 3 aromatic rings. The third-order valence-corrected chi connectivity index (χ3v) is 8.12. The standard InChI is InChI=1S/C22H24ClN3O4S/c23-15-5-8-18-17(11-15)26-22(30-18)14-3-6-16(7-4-14)25-21(27)19-9-10-20(29-19)31(24,28)12-13-1-2-13/h5,8-11,13-14,16,24H,1-4,6-7,12H2,(H,25,27)/t14-,16-,31-/m1/s1. The second kappa shape index (κ2) is 7.98. The molecule has 0 saturated heterocycles. The van der Waals surface area contributed by atoms with Gasteiger partial charge in [0.25, 0.3) is 5.91 Å². The van der Waals surface area contributed by atoms with Gasteiger partial charge in [-0.1, -0.05) is 11.6 Å². The summed E-state index contributed by atoms with van der Waals surface area (Å²) in [6.07, 6.45) is 5.36. The molecule has 2 saturated carbocycles. The van der Waals surface area contributed by atoms with E-state index in [2.05, 4.69) is 10.3 Å². The van der Waals surface area contributed by atoms with E-state index < -0.39 is 9.73 Å². The second-order valence-electron chi connectivity index (χ2n) is 8.59. The van der Waals surface area contributed by atoms with Crippen molar-refractivity contribution in [3.8, 4) is 0 Å². The Morgan fingerprint density at radius 2 is 1.90 bits per heavy atom. The maximum Gasteiger partial charge on any atom is 0.287 e. The van der Waals surface area contributed by atoms with E-state index >= 15 is 0 Å². The number of halogens is 1. The van der Waals surface area contributed by atoms with Crippen LogP contribution in [0.3, 0.4) is 0 Å². The average Bonchev–Trinajstić information content (AvgIpc) is 3.24. The summed E-state index contributed by atoms with van der Waals surface area (Å²) in [6, 6.07) is 8.47. The molecule has 2 aliphatic rings. The van der Waals surface area contributed by atoms with Gasteiger partial charge in [0.2, 0.25) is 0 Å².